The lowest BCUT2D eigenvalue weighted by Crippen LogP contribution is -2.41. The maximum absolute atomic E-state index is 12.2. The first-order chi connectivity index (χ1) is 9.40. The van der Waals surface area contributed by atoms with Crippen molar-refractivity contribution in [3.05, 3.63) is 0 Å². The Balaban J connectivity index is 2.38. The van der Waals surface area contributed by atoms with Gasteiger partial charge in [0, 0.05) is 39.5 Å². The van der Waals surface area contributed by atoms with Crippen LogP contribution in [-0.2, 0) is 9.59 Å². The van der Waals surface area contributed by atoms with Crippen molar-refractivity contribution in [1.29, 1.82) is 0 Å². The highest BCUT2D eigenvalue weighted by molar-refractivity contribution is 5.78. The number of hydrogen-bond acceptors (Lipinski definition) is 2. The van der Waals surface area contributed by atoms with Gasteiger partial charge in [0.2, 0.25) is 11.8 Å². The Labute approximate surface area is 123 Å². The van der Waals surface area contributed by atoms with Crippen molar-refractivity contribution in [2.45, 2.75) is 53.4 Å². The smallest absolute Gasteiger partial charge is 0.224 e. The van der Waals surface area contributed by atoms with E-state index >= 15 is 0 Å². The summed E-state index contributed by atoms with van der Waals surface area (Å²) in [5.74, 6) is 1.46. The van der Waals surface area contributed by atoms with Crippen LogP contribution in [-0.4, -0.2) is 47.8 Å². The van der Waals surface area contributed by atoms with Crippen molar-refractivity contribution in [3.8, 4) is 0 Å². The topological polar surface area (TPSA) is 40.6 Å². The summed E-state index contributed by atoms with van der Waals surface area (Å²) in [5, 5.41) is 0. The molecule has 4 nitrogen and oxygen atoms in total. The van der Waals surface area contributed by atoms with Crippen LogP contribution in [0, 0.1) is 11.8 Å². The molecule has 1 rings (SSSR count). The van der Waals surface area contributed by atoms with Crippen LogP contribution in [0.1, 0.15) is 53.4 Å². The first-order valence-corrected chi connectivity index (χ1v) is 7.93. The molecule has 0 saturated carbocycles. The van der Waals surface area contributed by atoms with E-state index in [1.165, 1.54) is 6.42 Å². The van der Waals surface area contributed by atoms with Gasteiger partial charge in [-0.05, 0) is 31.1 Å². The van der Waals surface area contributed by atoms with E-state index in [0.717, 1.165) is 32.5 Å². The second-order valence-corrected chi connectivity index (χ2v) is 6.53. The van der Waals surface area contributed by atoms with Gasteiger partial charge < -0.3 is 9.80 Å². The molecule has 0 aromatic carbocycles. The molecule has 1 heterocycles. The summed E-state index contributed by atoms with van der Waals surface area (Å²) in [7, 11) is 0. The molecule has 0 aromatic rings. The largest absolute Gasteiger partial charge is 0.342 e. The van der Waals surface area contributed by atoms with Crippen molar-refractivity contribution in [3.63, 3.8) is 0 Å². The quantitative estimate of drug-likeness (QED) is 0.751. The number of carbonyl (C=O) groups is 2. The van der Waals surface area contributed by atoms with Crippen LogP contribution >= 0.6 is 0 Å². The van der Waals surface area contributed by atoms with Crippen molar-refractivity contribution in [2.24, 2.45) is 11.8 Å². The number of amides is 2. The van der Waals surface area contributed by atoms with Crippen molar-refractivity contribution in [2.75, 3.05) is 26.2 Å². The lowest BCUT2D eigenvalue weighted by atomic mass is 10.00. The van der Waals surface area contributed by atoms with Gasteiger partial charge in [-0.1, -0.05) is 20.8 Å². The Kier molecular flexibility index (Phi) is 7.03. The molecule has 1 fully saturated rings. The minimum absolute atomic E-state index is 0.0745. The Morgan fingerprint density at radius 1 is 1.30 bits per heavy atom. The Morgan fingerprint density at radius 3 is 2.55 bits per heavy atom. The lowest BCUT2D eigenvalue weighted by Gasteiger charge is -2.31. The highest BCUT2D eigenvalue weighted by Gasteiger charge is 2.21. The number of nitrogens with zero attached hydrogens (tertiary/aromatic N) is 2. The zero-order chi connectivity index (χ0) is 15.1. The summed E-state index contributed by atoms with van der Waals surface area (Å²) in [4.78, 5) is 27.6. The van der Waals surface area contributed by atoms with Crippen LogP contribution in [0.15, 0.2) is 0 Å². The molecule has 0 aromatic heterocycles. The predicted octanol–water partition coefficient (Wildman–Crippen LogP) is 2.53. The standard InChI is InChI=1S/C16H30N2O2/c1-13(2)7-10-17(15(4)19)11-8-16(20)18-9-5-6-14(3)12-18/h13-14H,5-12H2,1-4H3. The van der Waals surface area contributed by atoms with Crippen LogP contribution in [0.5, 0.6) is 0 Å². The first kappa shape index (κ1) is 17.0. The van der Waals surface area contributed by atoms with Gasteiger partial charge in [-0.25, -0.2) is 0 Å². The van der Waals surface area contributed by atoms with Crippen LogP contribution in [0.25, 0.3) is 0 Å². The second-order valence-electron chi connectivity index (χ2n) is 6.53. The van der Waals surface area contributed by atoms with Gasteiger partial charge in [0.05, 0.1) is 0 Å². The van der Waals surface area contributed by atoms with Crippen LogP contribution in [0.3, 0.4) is 0 Å². The summed E-state index contributed by atoms with van der Waals surface area (Å²) < 4.78 is 0. The summed E-state index contributed by atoms with van der Waals surface area (Å²) in [6.45, 7) is 11.2. The van der Waals surface area contributed by atoms with Crippen LogP contribution in [0.4, 0.5) is 0 Å². The zero-order valence-electron chi connectivity index (χ0n) is 13.5. The van der Waals surface area contributed by atoms with E-state index < -0.39 is 0 Å². The van der Waals surface area contributed by atoms with Crippen molar-refractivity contribution < 1.29 is 9.59 Å². The van der Waals surface area contributed by atoms with E-state index in [0.29, 0.717) is 24.8 Å². The minimum atomic E-state index is 0.0745. The molecule has 4 heteroatoms. The molecule has 0 N–H and O–H groups in total. The number of likely N-dealkylation sites (tertiary alicyclic amines) is 1. The van der Waals surface area contributed by atoms with Gasteiger partial charge in [-0.15, -0.1) is 0 Å². The molecule has 1 saturated heterocycles. The third kappa shape index (κ3) is 5.93. The molecular weight excluding hydrogens is 252 g/mol. The molecular formula is C16H30N2O2. The zero-order valence-corrected chi connectivity index (χ0v) is 13.5. The van der Waals surface area contributed by atoms with Crippen LogP contribution in [0.2, 0.25) is 0 Å². The molecule has 1 aliphatic rings. The van der Waals surface area contributed by atoms with Gasteiger partial charge in [-0.3, -0.25) is 9.59 Å². The molecule has 20 heavy (non-hydrogen) atoms. The van der Waals surface area contributed by atoms with Gasteiger partial charge in [0.15, 0.2) is 0 Å². The molecule has 2 amide bonds. The monoisotopic (exact) mass is 282 g/mol. The second kappa shape index (κ2) is 8.28. The van der Waals surface area contributed by atoms with Gasteiger partial charge in [-0.2, -0.15) is 0 Å². The summed E-state index contributed by atoms with van der Waals surface area (Å²) in [6.07, 6.45) is 3.79. The average Bonchev–Trinajstić information content (AvgIpc) is 2.37. The number of carbonyl (C=O) groups excluding carboxylic acids is 2. The van der Waals surface area contributed by atoms with Crippen LogP contribution < -0.4 is 0 Å². The third-order valence-corrected chi connectivity index (χ3v) is 4.03. The molecule has 1 aliphatic heterocycles. The SMILES string of the molecule is CC(=O)N(CCC(=O)N1CCCC(C)C1)CCC(C)C. The third-order valence-electron chi connectivity index (χ3n) is 4.03. The van der Waals surface area contributed by atoms with E-state index in [1.807, 2.05) is 9.80 Å². The van der Waals surface area contributed by atoms with Gasteiger partial charge >= 0.3 is 0 Å². The maximum atomic E-state index is 12.2. The number of piperidine rings is 1. The number of rotatable bonds is 6. The van der Waals surface area contributed by atoms with E-state index in [2.05, 4.69) is 20.8 Å². The van der Waals surface area contributed by atoms with Gasteiger partial charge in [0.25, 0.3) is 0 Å². The fourth-order valence-corrected chi connectivity index (χ4v) is 2.65. The van der Waals surface area contributed by atoms with E-state index in [-0.39, 0.29) is 11.8 Å². The first-order valence-electron chi connectivity index (χ1n) is 7.93. The predicted molar refractivity (Wildman–Crippen MR) is 81.3 cm³/mol. The fourth-order valence-electron chi connectivity index (χ4n) is 2.65. The summed E-state index contributed by atoms with van der Waals surface area (Å²) in [6, 6.07) is 0. The fraction of sp³-hybridized carbons (Fsp3) is 0.875. The molecule has 0 bridgehead atoms. The average molecular weight is 282 g/mol. The highest BCUT2D eigenvalue weighted by Crippen LogP contribution is 2.16. The Bertz CT molecular complexity index is 328. The molecule has 1 atom stereocenters. The molecule has 116 valence electrons. The van der Waals surface area contributed by atoms with E-state index in [1.54, 1.807) is 6.92 Å². The normalized spacial score (nSPS) is 19.2. The lowest BCUT2D eigenvalue weighted by molar-refractivity contribution is -0.134. The highest BCUT2D eigenvalue weighted by atomic mass is 16.2. The molecule has 0 aliphatic carbocycles. The van der Waals surface area contributed by atoms with Crippen molar-refractivity contribution in [1.82, 2.24) is 9.80 Å². The summed E-state index contributed by atoms with van der Waals surface area (Å²) >= 11 is 0. The van der Waals surface area contributed by atoms with Crippen molar-refractivity contribution >= 4 is 11.8 Å². The Morgan fingerprint density at radius 2 is 2.00 bits per heavy atom. The number of hydrogen-bond donors (Lipinski definition) is 0. The molecule has 0 spiro atoms. The minimum Gasteiger partial charge on any atom is -0.342 e. The molecule has 0 radical (unpaired) electrons. The summed E-state index contributed by atoms with van der Waals surface area (Å²) in [5.41, 5.74) is 0. The van der Waals surface area contributed by atoms with E-state index in [4.69, 9.17) is 0 Å². The van der Waals surface area contributed by atoms with E-state index in [9.17, 15) is 9.59 Å². The maximum Gasteiger partial charge on any atom is 0.224 e. The molecule has 1 unspecified atom stereocenters. The van der Waals surface area contributed by atoms with Gasteiger partial charge in [0.1, 0.15) is 0 Å². The Hall–Kier alpha value is -1.06.